The van der Waals surface area contributed by atoms with Crippen LogP contribution in [0.3, 0.4) is 0 Å². The van der Waals surface area contributed by atoms with Crippen LogP contribution in [-0.2, 0) is 17.4 Å². The van der Waals surface area contributed by atoms with Gasteiger partial charge >= 0.3 is 0 Å². The Morgan fingerprint density at radius 2 is 1.89 bits per heavy atom. The van der Waals surface area contributed by atoms with E-state index in [1.165, 1.54) is 24.8 Å². The molecule has 2 fully saturated rings. The van der Waals surface area contributed by atoms with Crippen molar-refractivity contribution >= 4 is 21.9 Å². The highest BCUT2D eigenvalue weighted by molar-refractivity contribution is 6.07. The van der Waals surface area contributed by atoms with Gasteiger partial charge in [0, 0.05) is 43.4 Å². The van der Waals surface area contributed by atoms with Crippen molar-refractivity contribution in [1.29, 1.82) is 0 Å². The molecular formula is C28H35N5O2. The fraction of sp³-hybridized carbons (Fsp3) is 0.536. The van der Waals surface area contributed by atoms with Gasteiger partial charge in [-0.3, -0.25) is 4.98 Å². The van der Waals surface area contributed by atoms with Gasteiger partial charge < -0.3 is 14.4 Å². The van der Waals surface area contributed by atoms with Gasteiger partial charge in [-0.25, -0.2) is 4.68 Å². The third kappa shape index (κ3) is 4.04. The largest absolute Gasteiger partial charge is 0.386 e. The Labute approximate surface area is 206 Å². The number of hydrogen-bond acceptors (Lipinski definition) is 5. The Morgan fingerprint density at radius 1 is 1.11 bits per heavy atom. The zero-order chi connectivity index (χ0) is 24.3. The maximum atomic E-state index is 10.8. The molecule has 0 spiro atoms. The summed E-state index contributed by atoms with van der Waals surface area (Å²) in [6.07, 6.45) is 7.96. The molecule has 4 aromatic rings. The average Bonchev–Trinajstić information content (AvgIpc) is 3.53. The summed E-state index contributed by atoms with van der Waals surface area (Å²) in [5.41, 5.74) is 6.30. The first-order chi connectivity index (χ1) is 16.8. The van der Waals surface area contributed by atoms with E-state index in [0.717, 1.165) is 70.9 Å². The Hall–Kier alpha value is -2.77. The zero-order valence-electron chi connectivity index (χ0n) is 21.2. The van der Waals surface area contributed by atoms with Crippen molar-refractivity contribution in [3.05, 3.63) is 41.7 Å². The molecule has 184 valence electrons. The normalized spacial score (nSPS) is 18.5. The van der Waals surface area contributed by atoms with E-state index in [4.69, 9.17) is 9.72 Å². The van der Waals surface area contributed by atoms with E-state index in [9.17, 15) is 5.11 Å². The SMILES string of the molecule is Cc1nnn(C)c1-c1cnc2c3ccc(C(C)(C)O)cc3n(C(CC3CC3)C3CCOCC3)c2c1. The topological polar surface area (TPSA) is 78.0 Å². The van der Waals surface area contributed by atoms with E-state index in [0.29, 0.717) is 12.0 Å². The van der Waals surface area contributed by atoms with Crippen molar-refractivity contribution in [2.45, 2.75) is 64.5 Å². The van der Waals surface area contributed by atoms with Crippen molar-refractivity contribution in [3.8, 4) is 11.3 Å². The van der Waals surface area contributed by atoms with Crippen LogP contribution in [0.4, 0.5) is 0 Å². The number of aryl methyl sites for hydroxylation is 2. The van der Waals surface area contributed by atoms with Gasteiger partial charge in [-0.2, -0.15) is 0 Å². The predicted molar refractivity (Wildman–Crippen MR) is 137 cm³/mol. The molecule has 1 atom stereocenters. The molecule has 1 aromatic carbocycles. The first-order valence-corrected chi connectivity index (χ1v) is 12.9. The molecule has 3 aromatic heterocycles. The molecule has 6 rings (SSSR count). The van der Waals surface area contributed by atoms with Crippen molar-refractivity contribution in [2.75, 3.05) is 13.2 Å². The van der Waals surface area contributed by atoms with Crippen LogP contribution >= 0.6 is 0 Å². The van der Waals surface area contributed by atoms with E-state index in [-0.39, 0.29) is 0 Å². The van der Waals surface area contributed by atoms with Crippen LogP contribution in [0.5, 0.6) is 0 Å². The lowest BCUT2D eigenvalue weighted by Crippen LogP contribution is -2.26. The molecule has 1 aliphatic carbocycles. The zero-order valence-corrected chi connectivity index (χ0v) is 21.2. The maximum absolute atomic E-state index is 10.8. The van der Waals surface area contributed by atoms with Gasteiger partial charge in [0.2, 0.25) is 0 Å². The monoisotopic (exact) mass is 473 g/mol. The molecule has 2 aliphatic rings. The van der Waals surface area contributed by atoms with E-state index in [1.807, 2.05) is 44.8 Å². The minimum absolute atomic E-state index is 0.381. The Balaban J connectivity index is 1.62. The van der Waals surface area contributed by atoms with Crippen LogP contribution in [-0.4, -0.2) is 42.9 Å². The lowest BCUT2D eigenvalue weighted by atomic mass is 9.87. The minimum Gasteiger partial charge on any atom is -0.386 e. The number of pyridine rings is 1. The Kier molecular flexibility index (Phi) is 5.45. The van der Waals surface area contributed by atoms with Crippen molar-refractivity contribution in [2.24, 2.45) is 18.9 Å². The fourth-order valence-electron chi connectivity index (χ4n) is 5.93. The highest BCUT2D eigenvalue weighted by Gasteiger charge is 2.34. The first-order valence-electron chi connectivity index (χ1n) is 12.9. The Morgan fingerprint density at radius 3 is 2.54 bits per heavy atom. The van der Waals surface area contributed by atoms with E-state index >= 15 is 0 Å². The first kappa shape index (κ1) is 22.7. The molecule has 0 amide bonds. The predicted octanol–water partition coefficient (Wildman–Crippen LogP) is 5.29. The molecule has 1 N–H and O–H groups in total. The third-order valence-electron chi connectivity index (χ3n) is 8.03. The van der Waals surface area contributed by atoms with E-state index < -0.39 is 5.60 Å². The maximum Gasteiger partial charge on any atom is 0.0960 e. The summed E-state index contributed by atoms with van der Waals surface area (Å²) in [7, 11) is 1.93. The highest BCUT2D eigenvalue weighted by Crippen LogP contribution is 2.45. The molecule has 7 heteroatoms. The number of benzene rings is 1. The summed E-state index contributed by atoms with van der Waals surface area (Å²) in [5.74, 6) is 1.37. The van der Waals surface area contributed by atoms with Crippen molar-refractivity contribution in [1.82, 2.24) is 24.5 Å². The molecule has 1 unspecified atom stereocenters. The second-order valence-electron chi connectivity index (χ2n) is 11.1. The highest BCUT2D eigenvalue weighted by atomic mass is 16.5. The molecule has 7 nitrogen and oxygen atoms in total. The van der Waals surface area contributed by atoms with Crippen LogP contribution in [0, 0.1) is 18.8 Å². The average molecular weight is 474 g/mol. The summed E-state index contributed by atoms with van der Waals surface area (Å²) in [4.78, 5) is 5.01. The lowest BCUT2D eigenvalue weighted by Gasteiger charge is -2.33. The van der Waals surface area contributed by atoms with Gasteiger partial charge in [-0.15, -0.1) is 5.10 Å². The standard InChI is InChI=1S/C28H35N5O2/c1-17-27(32(4)31-30-17)20-14-25-26(29-16-20)22-8-7-21(28(2,3)34)15-24(22)33(25)23(13-18-5-6-18)19-9-11-35-12-10-19/h7-8,14-16,18-19,23,34H,5-6,9-13H2,1-4H3. The quantitative estimate of drug-likeness (QED) is 0.412. The second kappa shape index (κ2) is 8.42. The number of nitrogens with zero attached hydrogens (tertiary/aromatic N) is 5. The van der Waals surface area contributed by atoms with Gasteiger partial charge in [0.1, 0.15) is 0 Å². The molecule has 1 saturated heterocycles. The van der Waals surface area contributed by atoms with Crippen LogP contribution in [0.1, 0.15) is 63.3 Å². The van der Waals surface area contributed by atoms with E-state index in [2.05, 4.69) is 33.1 Å². The van der Waals surface area contributed by atoms with Crippen LogP contribution in [0.15, 0.2) is 30.5 Å². The summed E-state index contributed by atoms with van der Waals surface area (Å²) in [6, 6.07) is 9.03. The minimum atomic E-state index is -0.907. The summed E-state index contributed by atoms with van der Waals surface area (Å²) in [5, 5.41) is 20.5. The lowest BCUT2D eigenvalue weighted by molar-refractivity contribution is 0.0474. The number of aromatic nitrogens is 5. The summed E-state index contributed by atoms with van der Waals surface area (Å²) >= 11 is 0. The van der Waals surface area contributed by atoms with Gasteiger partial charge in [-0.1, -0.05) is 30.2 Å². The number of rotatable bonds is 6. The second-order valence-corrected chi connectivity index (χ2v) is 11.1. The smallest absolute Gasteiger partial charge is 0.0960 e. The van der Waals surface area contributed by atoms with Crippen LogP contribution < -0.4 is 0 Å². The molecular weight excluding hydrogens is 438 g/mol. The molecule has 1 aliphatic heterocycles. The van der Waals surface area contributed by atoms with Crippen molar-refractivity contribution in [3.63, 3.8) is 0 Å². The van der Waals surface area contributed by atoms with Crippen molar-refractivity contribution < 1.29 is 9.84 Å². The molecule has 0 bridgehead atoms. The third-order valence-corrected chi connectivity index (χ3v) is 8.03. The molecule has 4 heterocycles. The molecule has 35 heavy (non-hydrogen) atoms. The summed E-state index contributed by atoms with van der Waals surface area (Å²) in [6.45, 7) is 7.38. The number of ether oxygens (including phenoxy) is 1. The Bertz CT molecular complexity index is 1370. The van der Waals surface area contributed by atoms with Gasteiger partial charge in [0.15, 0.2) is 0 Å². The van der Waals surface area contributed by atoms with Gasteiger partial charge in [0.05, 0.1) is 33.5 Å². The number of fused-ring (bicyclic) bond motifs is 3. The van der Waals surface area contributed by atoms with E-state index in [1.54, 1.807) is 0 Å². The number of hydrogen-bond donors (Lipinski definition) is 1. The van der Waals surface area contributed by atoms with Crippen LogP contribution in [0.2, 0.25) is 0 Å². The fourth-order valence-corrected chi connectivity index (χ4v) is 5.93. The molecule has 1 saturated carbocycles. The molecule has 0 radical (unpaired) electrons. The van der Waals surface area contributed by atoms with Gasteiger partial charge in [-0.05, 0) is 69.6 Å². The summed E-state index contributed by atoms with van der Waals surface area (Å²) < 4.78 is 10.1. The van der Waals surface area contributed by atoms with Gasteiger partial charge in [0.25, 0.3) is 0 Å². The van der Waals surface area contributed by atoms with Crippen LogP contribution in [0.25, 0.3) is 33.2 Å². The number of aliphatic hydroxyl groups is 1.